The second kappa shape index (κ2) is 5.48. The molecule has 0 bridgehead atoms. The molecule has 2 aromatic carbocycles. The summed E-state index contributed by atoms with van der Waals surface area (Å²) < 4.78 is 33.0. The Morgan fingerprint density at radius 1 is 1.00 bits per heavy atom. The first-order chi connectivity index (χ1) is 7.38. The summed E-state index contributed by atoms with van der Waals surface area (Å²) in [6.07, 6.45) is 0. The Kier molecular flexibility index (Phi) is 4.94. The topological polar surface area (TPSA) is 57.2 Å². The molecule has 0 saturated carbocycles. The van der Waals surface area contributed by atoms with E-state index >= 15 is 0 Å². The van der Waals surface area contributed by atoms with Gasteiger partial charge in [0, 0.05) is 0 Å². The first-order valence-corrected chi connectivity index (χ1v) is 6.26. The van der Waals surface area contributed by atoms with Crippen molar-refractivity contribution < 1.29 is 64.4 Å². The van der Waals surface area contributed by atoms with Crippen LogP contribution in [0.1, 0.15) is 11.1 Å². The van der Waals surface area contributed by atoms with Gasteiger partial charge in [0.15, 0.2) is 0 Å². The van der Waals surface area contributed by atoms with Crippen LogP contribution in [0.5, 0.6) is 0 Å². The van der Waals surface area contributed by atoms with E-state index in [0.29, 0.717) is 5.56 Å². The largest absolute Gasteiger partial charge is 1.00 e. The minimum absolute atomic E-state index is 0. The van der Waals surface area contributed by atoms with E-state index in [9.17, 15) is 13.0 Å². The van der Waals surface area contributed by atoms with E-state index < -0.39 is 10.1 Å². The van der Waals surface area contributed by atoms with Crippen molar-refractivity contribution in [2.24, 2.45) is 0 Å². The molecule has 3 nitrogen and oxygen atoms in total. The third kappa shape index (κ3) is 3.38. The Morgan fingerprint density at radius 2 is 1.65 bits per heavy atom. The minimum atomic E-state index is -4.39. The third-order valence-electron chi connectivity index (χ3n) is 2.56. The van der Waals surface area contributed by atoms with Crippen LogP contribution in [0.15, 0.2) is 35.2 Å². The van der Waals surface area contributed by atoms with Gasteiger partial charge in [0.2, 0.25) is 0 Å². The van der Waals surface area contributed by atoms with Gasteiger partial charge in [-0.3, -0.25) is 0 Å². The zero-order valence-electron chi connectivity index (χ0n) is 10.0. The first-order valence-electron chi connectivity index (χ1n) is 4.85. The number of aryl methyl sites for hydroxylation is 2. The van der Waals surface area contributed by atoms with Gasteiger partial charge in [0.1, 0.15) is 10.1 Å². The van der Waals surface area contributed by atoms with Crippen LogP contribution >= 0.6 is 0 Å². The van der Waals surface area contributed by atoms with Crippen molar-refractivity contribution >= 4 is 20.9 Å². The van der Waals surface area contributed by atoms with Gasteiger partial charge in [-0.2, -0.15) is 0 Å². The molecule has 0 heterocycles. The number of hydrogen-bond acceptors (Lipinski definition) is 3. The first kappa shape index (κ1) is 15.3. The SMILES string of the molecule is Cc1ccc2cc(S(=O)(=O)[O-])c(C)cc2c1.[K+]. The molecule has 0 unspecified atom stereocenters. The minimum Gasteiger partial charge on any atom is -0.744 e. The van der Waals surface area contributed by atoms with Crippen LogP contribution in [0.4, 0.5) is 0 Å². The van der Waals surface area contributed by atoms with Gasteiger partial charge in [-0.25, -0.2) is 8.42 Å². The molecule has 0 aromatic heterocycles. The van der Waals surface area contributed by atoms with Crippen molar-refractivity contribution in [2.75, 3.05) is 0 Å². The maximum Gasteiger partial charge on any atom is 1.00 e. The number of benzene rings is 2. The Morgan fingerprint density at radius 3 is 2.24 bits per heavy atom. The molecular weight excluding hydrogens is 263 g/mol. The van der Waals surface area contributed by atoms with E-state index in [-0.39, 0.29) is 56.3 Å². The van der Waals surface area contributed by atoms with E-state index in [1.165, 1.54) is 6.07 Å². The van der Waals surface area contributed by atoms with Gasteiger partial charge < -0.3 is 4.55 Å². The van der Waals surface area contributed by atoms with E-state index in [0.717, 1.165) is 16.3 Å². The quantitative estimate of drug-likeness (QED) is 0.514. The van der Waals surface area contributed by atoms with Gasteiger partial charge in [0.05, 0.1) is 4.90 Å². The van der Waals surface area contributed by atoms with Crippen molar-refractivity contribution in [3.63, 3.8) is 0 Å². The van der Waals surface area contributed by atoms with Crippen molar-refractivity contribution in [1.29, 1.82) is 0 Å². The van der Waals surface area contributed by atoms with Crippen LogP contribution in [-0.4, -0.2) is 13.0 Å². The van der Waals surface area contributed by atoms with Crippen molar-refractivity contribution in [2.45, 2.75) is 18.7 Å². The van der Waals surface area contributed by atoms with E-state index in [4.69, 9.17) is 0 Å². The molecule has 2 rings (SSSR count). The Bertz CT molecular complexity index is 663. The average molecular weight is 274 g/mol. The summed E-state index contributed by atoms with van der Waals surface area (Å²) in [5, 5.41) is 1.72. The summed E-state index contributed by atoms with van der Waals surface area (Å²) in [7, 11) is -4.39. The summed E-state index contributed by atoms with van der Waals surface area (Å²) in [5.74, 6) is 0. The van der Waals surface area contributed by atoms with E-state index in [1.54, 1.807) is 13.0 Å². The maximum atomic E-state index is 11.0. The Balaban J connectivity index is 0.00000144. The molecule has 5 heteroatoms. The Hall–Kier alpha value is 0.246. The predicted molar refractivity (Wildman–Crippen MR) is 61.4 cm³/mol. The molecule has 2 aromatic rings. The molecule has 0 spiro atoms. The standard InChI is InChI=1S/C12H12O3S.K/c1-8-3-4-10-7-12(16(13,14)15)9(2)6-11(10)5-8;/h3-7H,1-2H3,(H,13,14,15);/q;+1/p-1. The van der Waals surface area contributed by atoms with Crippen molar-refractivity contribution in [3.05, 3.63) is 41.5 Å². The normalized spacial score (nSPS) is 11.2. The fourth-order valence-corrected chi connectivity index (χ4v) is 2.50. The zero-order valence-corrected chi connectivity index (χ0v) is 14.0. The molecule has 0 atom stereocenters. The maximum absolute atomic E-state index is 11.0. The zero-order chi connectivity index (χ0) is 11.9. The molecule has 84 valence electrons. The second-order valence-electron chi connectivity index (χ2n) is 3.92. The molecule has 0 fully saturated rings. The monoisotopic (exact) mass is 274 g/mol. The van der Waals surface area contributed by atoms with E-state index in [2.05, 4.69) is 0 Å². The molecule has 0 saturated heterocycles. The fraction of sp³-hybridized carbons (Fsp3) is 0.167. The molecular formula is C12H11KO3S. The molecule has 0 N–H and O–H groups in total. The molecule has 0 radical (unpaired) electrons. The van der Waals surface area contributed by atoms with Crippen LogP contribution in [0.3, 0.4) is 0 Å². The van der Waals surface area contributed by atoms with Crippen LogP contribution in [0, 0.1) is 13.8 Å². The molecule has 0 aliphatic heterocycles. The summed E-state index contributed by atoms with van der Waals surface area (Å²) in [5.41, 5.74) is 1.60. The van der Waals surface area contributed by atoms with Crippen LogP contribution in [0.25, 0.3) is 10.8 Å². The molecule has 0 aliphatic rings. The molecule has 0 aliphatic carbocycles. The van der Waals surface area contributed by atoms with Gasteiger partial charge in [-0.1, -0.05) is 29.8 Å². The summed E-state index contributed by atoms with van der Waals surface area (Å²) in [6, 6.07) is 8.83. The molecule has 0 amide bonds. The Labute approximate surface area is 143 Å². The van der Waals surface area contributed by atoms with Gasteiger partial charge in [-0.15, -0.1) is 0 Å². The predicted octanol–water partition coefficient (Wildman–Crippen LogP) is -0.635. The summed E-state index contributed by atoms with van der Waals surface area (Å²) in [6.45, 7) is 3.60. The van der Waals surface area contributed by atoms with Gasteiger partial charge >= 0.3 is 51.4 Å². The summed E-state index contributed by atoms with van der Waals surface area (Å²) in [4.78, 5) is -0.135. The smallest absolute Gasteiger partial charge is 0.744 e. The van der Waals surface area contributed by atoms with Gasteiger partial charge in [0.25, 0.3) is 0 Å². The van der Waals surface area contributed by atoms with Crippen LogP contribution in [-0.2, 0) is 10.1 Å². The summed E-state index contributed by atoms with van der Waals surface area (Å²) >= 11 is 0. The van der Waals surface area contributed by atoms with Crippen LogP contribution in [0.2, 0.25) is 0 Å². The average Bonchev–Trinajstić information content (AvgIpc) is 2.14. The number of fused-ring (bicyclic) bond motifs is 1. The number of rotatable bonds is 1. The van der Waals surface area contributed by atoms with Crippen molar-refractivity contribution in [1.82, 2.24) is 0 Å². The fourth-order valence-electron chi connectivity index (χ4n) is 1.78. The second-order valence-corrected chi connectivity index (χ2v) is 5.27. The van der Waals surface area contributed by atoms with Crippen LogP contribution < -0.4 is 51.4 Å². The third-order valence-corrected chi connectivity index (χ3v) is 3.54. The van der Waals surface area contributed by atoms with Crippen molar-refractivity contribution in [3.8, 4) is 0 Å². The van der Waals surface area contributed by atoms with Gasteiger partial charge in [-0.05, 0) is 36.2 Å². The molecule has 17 heavy (non-hydrogen) atoms. The number of hydrogen-bond donors (Lipinski definition) is 0. The van der Waals surface area contributed by atoms with E-state index in [1.807, 2.05) is 25.1 Å².